The second-order valence-electron chi connectivity index (χ2n) is 7.82. The Morgan fingerprint density at radius 2 is 1.78 bits per heavy atom. The number of carbonyl (C=O) groups excluding carboxylic acids is 2. The molecule has 0 saturated carbocycles. The molecular weight excluding hydrogens is 344 g/mol. The lowest BCUT2D eigenvalue weighted by Gasteiger charge is -2.30. The Kier molecular flexibility index (Phi) is 6.37. The summed E-state index contributed by atoms with van der Waals surface area (Å²) in [5.74, 6) is 1.20. The van der Waals surface area contributed by atoms with Crippen LogP contribution in [-0.4, -0.2) is 68.1 Å². The first kappa shape index (κ1) is 19.7. The van der Waals surface area contributed by atoms with Crippen molar-refractivity contribution in [2.75, 3.05) is 46.5 Å². The summed E-state index contributed by atoms with van der Waals surface area (Å²) in [6, 6.07) is 7.87. The van der Waals surface area contributed by atoms with Crippen LogP contribution in [0.5, 0.6) is 5.75 Å². The Morgan fingerprint density at radius 3 is 2.37 bits per heavy atom. The molecule has 27 heavy (non-hydrogen) atoms. The number of ether oxygens (including phenoxy) is 2. The zero-order chi connectivity index (χ0) is 19.4. The van der Waals surface area contributed by atoms with Gasteiger partial charge in [0.25, 0.3) is 0 Å². The van der Waals surface area contributed by atoms with Crippen molar-refractivity contribution in [1.29, 1.82) is 0 Å². The molecule has 1 aromatic carbocycles. The molecule has 148 valence electrons. The minimum absolute atomic E-state index is 0.0161. The van der Waals surface area contributed by atoms with E-state index in [2.05, 4.69) is 0 Å². The van der Waals surface area contributed by atoms with Crippen LogP contribution in [0, 0.1) is 11.8 Å². The van der Waals surface area contributed by atoms with E-state index in [1.807, 2.05) is 47.9 Å². The maximum Gasteiger partial charge on any atom is 0.228 e. The number of carbonyl (C=O) groups is 2. The molecule has 0 radical (unpaired) electrons. The molecule has 2 fully saturated rings. The number of benzene rings is 1. The molecule has 2 aliphatic heterocycles. The average molecular weight is 374 g/mol. The van der Waals surface area contributed by atoms with Crippen molar-refractivity contribution in [1.82, 2.24) is 9.80 Å². The molecule has 6 nitrogen and oxygen atoms in total. The van der Waals surface area contributed by atoms with E-state index in [1.54, 1.807) is 7.11 Å². The summed E-state index contributed by atoms with van der Waals surface area (Å²) in [5.41, 5.74) is 1.09. The number of hydrogen-bond donors (Lipinski definition) is 0. The number of nitrogens with zero attached hydrogens (tertiary/aromatic N) is 2. The van der Waals surface area contributed by atoms with Crippen LogP contribution in [0.3, 0.4) is 0 Å². The lowest BCUT2D eigenvalue weighted by Crippen LogP contribution is -2.45. The molecule has 2 unspecified atom stereocenters. The van der Waals surface area contributed by atoms with Crippen molar-refractivity contribution in [3.05, 3.63) is 29.8 Å². The van der Waals surface area contributed by atoms with Crippen LogP contribution in [0.25, 0.3) is 0 Å². The fourth-order valence-corrected chi connectivity index (χ4v) is 3.94. The Bertz CT molecular complexity index is 653. The van der Waals surface area contributed by atoms with Gasteiger partial charge in [-0.2, -0.15) is 0 Å². The first-order valence-corrected chi connectivity index (χ1v) is 9.78. The van der Waals surface area contributed by atoms with Crippen molar-refractivity contribution in [3.8, 4) is 5.75 Å². The summed E-state index contributed by atoms with van der Waals surface area (Å²) in [6.45, 7) is 7.62. The highest BCUT2D eigenvalue weighted by Crippen LogP contribution is 2.35. The highest BCUT2D eigenvalue weighted by Gasteiger charge is 2.42. The molecule has 2 aliphatic rings. The summed E-state index contributed by atoms with van der Waals surface area (Å²) < 4.78 is 10.6. The quantitative estimate of drug-likeness (QED) is 0.792. The van der Waals surface area contributed by atoms with Gasteiger partial charge in [0.05, 0.1) is 26.2 Å². The van der Waals surface area contributed by atoms with Crippen molar-refractivity contribution in [2.45, 2.75) is 26.2 Å². The zero-order valence-electron chi connectivity index (χ0n) is 16.5. The maximum atomic E-state index is 13.2. The van der Waals surface area contributed by atoms with E-state index >= 15 is 0 Å². The Labute approximate surface area is 161 Å². The predicted octanol–water partition coefficient (Wildman–Crippen LogP) is 2.14. The third-order valence-corrected chi connectivity index (χ3v) is 5.44. The van der Waals surface area contributed by atoms with E-state index in [4.69, 9.17) is 9.47 Å². The molecule has 0 aromatic heterocycles. The minimum Gasteiger partial charge on any atom is -0.497 e. The first-order valence-electron chi connectivity index (χ1n) is 9.78. The SMILES string of the molecule is COc1ccc(C2CN(C(=O)CC(C)C)CC2C(=O)N2CCOCC2)cc1. The van der Waals surface area contributed by atoms with Crippen LogP contribution in [0.2, 0.25) is 0 Å². The fourth-order valence-electron chi connectivity index (χ4n) is 3.94. The van der Waals surface area contributed by atoms with E-state index < -0.39 is 0 Å². The van der Waals surface area contributed by atoms with Gasteiger partial charge in [0.1, 0.15) is 5.75 Å². The zero-order valence-corrected chi connectivity index (χ0v) is 16.5. The Balaban J connectivity index is 1.81. The summed E-state index contributed by atoms with van der Waals surface area (Å²) in [5, 5.41) is 0. The molecule has 2 saturated heterocycles. The van der Waals surface area contributed by atoms with Crippen LogP contribution < -0.4 is 4.74 Å². The second kappa shape index (κ2) is 8.74. The van der Waals surface area contributed by atoms with Gasteiger partial charge in [0, 0.05) is 38.5 Å². The van der Waals surface area contributed by atoms with Gasteiger partial charge in [-0.1, -0.05) is 26.0 Å². The van der Waals surface area contributed by atoms with Gasteiger partial charge < -0.3 is 19.3 Å². The molecule has 6 heteroatoms. The van der Waals surface area contributed by atoms with Crippen LogP contribution in [-0.2, 0) is 14.3 Å². The summed E-state index contributed by atoms with van der Waals surface area (Å²) in [7, 11) is 1.64. The van der Waals surface area contributed by atoms with E-state index in [1.165, 1.54) is 0 Å². The van der Waals surface area contributed by atoms with Crippen molar-refractivity contribution in [2.24, 2.45) is 11.8 Å². The van der Waals surface area contributed by atoms with Crippen LogP contribution in [0.15, 0.2) is 24.3 Å². The molecule has 2 heterocycles. The topological polar surface area (TPSA) is 59.1 Å². The highest BCUT2D eigenvalue weighted by atomic mass is 16.5. The van der Waals surface area contributed by atoms with Gasteiger partial charge in [-0.15, -0.1) is 0 Å². The number of methoxy groups -OCH3 is 1. The number of amides is 2. The maximum absolute atomic E-state index is 13.2. The summed E-state index contributed by atoms with van der Waals surface area (Å²) in [4.78, 5) is 29.6. The van der Waals surface area contributed by atoms with Crippen LogP contribution in [0.4, 0.5) is 0 Å². The van der Waals surface area contributed by atoms with E-state index in [-0.39, 0.29) is 23.7 Å². The molecule has 0 N–H and O–H groups in total. The molecule has 1 aromatic rings. The molecule has 0 aliphatic carbocycles. The van der Waals surface area contributed by atoms with Gasteiger partial charge in [-0.25, -0.2) is 0 Å². The fraction of sp³-hybridized carbons (Fsp3) is 0.619. The van der Waals surface area contributed by atoms with E-state index in [0.717, 1.165) is 11.3 Å². The minimum atomic E-state index is -0.201. The van der Waals surface area contributed by atoms with Crippen LogP contribution in [0.1, 0.15) is 31.7 Å². The van der Waals surface area contributed by atoms with E-state index in [9.17, 15) is 9.59 Å². The molecular formula is C21H30N2O4. The standard InChI is InChI=1S/C21H30N2O4/c1-15(2)12-20(24)23-13-18(16-4-6-17(26-3)7-5-16)19(14-23)21(25)22-8-10-27-11-9-22/h4-7,15,18-19H,8-14H2,1-3H3. The lowest BCUT2D eigenvalue weighted by atomic mass is 9.88. The number of likely N-dealkylation sites (tertiary alicyclic amines) is 1. The molecule has 0 spiro atoms. The van der Waals surface area contributed by atoms with E-state index in [0.29, 0.717) is 51.7 Å². The average Bonchev–Trinajstić information content (AvgIpc) is 3.13. The monoisotopic (exact) mass is 374 g/mol. The van der Waals surface area contributed by atoms with Gasteiger partial charge in [0.15, 0.2) is 0 Å². The van der Waals surface area contributed by atoms with Gasteiger partial charge in [0.2, 0.25) is 11.8 Å². The number of hydrogen-bond acceptors (Lipinski definition) is 4. The van der Waals surface area contributed by atoms with Gasteiger partial charge in [-0.05, 0) is 23.6 Å². The second-order valence-corrected chi connectivity index (χ2v) is 7.82. The summed E-state index contributed by atoms with van der Waals surface area (Å²) >= 11 is 0. The normalized spacial score (nSPS) is 23.0. The highest BCUT2D eigenvalue weighted by molar-refractivity contribution is 5.83. The van der Waals surface area contributed by atoms with Crippen molar-refractivity contribution < 1.29 is 19.1 Å². The Hall–Kier alpha value is -2.08. The third-order valence-electron chi connectivity index (χ3n) is 5.44. The molecule has 3 rings (SSSR count). The van der Waals surface area contributed by atoms with Gasteiger partial charge in [-0.3, -0.25) is 9.59 Å². The molecule has 0 bridgehead atoms. The largest absolute Gasteiger partial charge is 0.497 e. The van der Waals surface area contributed by atoms with Crippen molar-refractivity contribution >= 4 is 11.8 Å². The molecule has 2 amide bonds. The third kappa shape index (κ3) is 4.61. The Morgan fingerprint density at radius 1 is 1.11 bits per heavy atom. The summed E-state index contributed by atoms with van der Waals surface area (Å²) in [6.07, 6.45) is 0.522. The first-order chi connectivity index (χ1) is 13.0. The van der Waals surface area contributed by atoms with Crippen LogP contribution >= 0.6 is 0 Å². The molecule has 2 atom stereocenters. The number of morpholine rings is 1. The van der Waals surface area contributed by atoms with Gasteiger partial charge >= 0.3 is 0 Å². The predicted molar refractivity (Wildman–Crippen MR) is 103 cm³/mol. The van der Waals surface area contributed by atoms with Crippen molar-refractivity contribution in [3.63, 3.8) is 0 Å². The lowest BCUT2D eigenvalue weighted by molar-refractivity contribution is -0.140. The number of rotatable bonds is 5. The smallest absolute Gasteiger partial charge is 0.228 e.